The summed E-state index contributed by atoms with van der Waals surface area (Å²) >= 11 is 5.16. The predicted octanol–water partition coefficient (Wildman–Crippen LogP) is 3.25. The lowest BCUT2D eigenvalue weighted by Gasteiger charge is -2.31. The minimum Gasteiger partial charge on any atom is -0.395 e. The predicted molar refractivity (Wildman–Crippen MR) is 84.7 cm³/mol. The second-order valence-corrected chi connectivity index (χ2v) is 6.83. The van der Waals surface area contributed by atoms with E-state index in [9.17, 15) is 5.11 Å². The molecule has 4 heteroatoms. The van der Waals surface area contributed by atoms with Crippen molar-refractivity contribution in [3.8, 4) is 0 Å². The second-order valence-electron chi connectivity index (χ2n) is 4.92. The van der Waals surface area contributed by atoms with Crippen LogP contribution in [-0.2, 0) is 11.8 Å². The molecule has 0 radical (unpaired) electrons. The molecule has 1 unspecified atom stereocenters. The molecule has 2 nitrogen and oxygen atoms in total. The molecule has 1 aromatic carbocycles. The lowest BCUT2D eigenvalue weighted by atomic mass is 9.77. The number of hydrogen-bond acceptors (Lipinski definition) is 3. The average molecular weight is 340 g/mol. The third kappa shape index (κ3) is 3.26. The van der Waals surface area contributed by atoms with Crippen molar-refractivity contribution in [1.29, 1.82) is 0 Å². The zero-order valence-corrected chi connectivity index (χ0v) is 13.3. The van der Waals surface area contributed by atoms with Gasteiger partial charge in [0.1, 0.15) is 0 Å². The second kappa shape index (κ2) is 6.18. The summed E-state index contributed by atoms with van der Waals surface area (Å²) in [6, 6.07) is 10.4. The molecular formula is C15H18BrNOS. The maximum atomic E-state index is 9.90. The van der Waals surface area contributed by atoms with Crippen LogP contribution in [0.15, 0.2) is 40.2 Å². The Kier molecular flexibility index (Phi) is 4.79. The molecule has 2 rings (SSSR count). The first-order valence-electron chi connectivity index (χ1n) is 6.20. The molecule has 0 fully saturated rings. The molecule has 0 saturated heterocycles. The highest BCUT2D eigenvalue weighted by molar-refractivity contribution is 9.10. The van der Waals surface area contributed by atoms with Gasteiger partial charge in [0.15, 0.2) is 0 Å². The summed E-state index contributed by atoms with van der Waals surface area (Å²) in [7, 11) is 0. The van der Waals surface area contributed by atoms with Crippen molar-refractivity contribution in [3.63, 3.8) is 0 Å². The van der Waals surface area contributed by atoms with E-state index in [2.05, 4.69) is 52.5 Å². The minimum absolute atomic E-state index is 0.0580. The Morgan fingerprint density at radius 1 is 1.37 bits per heavy atom. The highest BCUT2D eigenvalue weighted by atomic mass is 79.9. The van der Waals surface area contributed by atoms with Crippen LogP contribution in [0.3, 0.4) is 0 Å². The molecule has 1 heterocycles. The summed E-state index contributed by atoms with van der Waals surface area (Å²) in [6.45, 7) is 2.55. The number of halogens is 1. The van der Waals surface area contributed by atoms with Gasteiger partial charge in [-0.15, -0.1) is 11.3 Å². The highest BCUT2D eigenvalue weighted by Gasteiger charge is 2.31. The van der Waals surface area contributed by atoms with Gasteiger partial charge in [0.25, 0.3) is 0 Å². The van der Waals surface area contributed by atoms with Crippen molar-refractivity contribution >= 4 is 27.3 Å². The van der Waals surface area contributed by atoms with Crippen molar-refractivity contribution in [2.75, 3.05) is 13.2 Å². The number of aliphatic hydroxyl groups is 1. The van der Waals surface area contributed by atoms with Gasteiger partial charge in [-0.3, -0.25) is 0 Å². The Bertz CT molecular complexity index is 549. The van der Waals surface area contributed by atoms with Gasteiger partial charge in [-0.05, 0) is 40.9 Å². The number of thiophene rings is 1. The SMILES string of the molecule is Cc1cccc(C(CN)(CO)Cc2cc(Br)cs2)c1. The van der Waals surface area contributed by atoms with Crippen LogP contribution in [0.2, 0.25) is 0 Å². The first-order valence-corrected chi connectivity index (χ1v) is 7.88. The molecule has 0 bridgehead atoms. The van der Waals surface area contributed by atoms with Crippen LogP contribution >= 0.6 is 27.3 Å². The lowest BCUT2D eigenvalue weighted by molar-refractivity contribution is 0.196. The van der Waals surface area contributed by atoms with Crippen molar-refractivity contribution in [2.24, 2.45) is 5.73 Å². The molecule has 0 aliphatic carbocycles. The van der Waals surface area contributed by atoms with Crippen LogP contribution in [0.1, 0.15) is 16.0 Å². The summed E-state index contributed by atoms with van der Waals surface area (Å²) in [5.74, 6) is 0. The fraction of sp³-hybridized carbons (Fsp3) is 0.333. The van der Waals surface area contributed by atoms with Gasteiger partial charge >= 0.3 is 0 Å². The number of benzene rings is 1. The summed E-state index contributed by atoms with van der Waals surface area (Å²) in [6.07, 6.45) is 0.764. The maximum Gasteiger partial charge on any atom is 0.0543 e. The third-order valence-electron chi connectivity index (χ3n) is 3.46. The zero-order chi connectivity index (χ0) is 13.9. The van der Waals surface area contributed by atoms with Crippen LogP contribution in [0, 0.1) is 6.92 Å². The summed E-state index contributed by atoms with van der Waals surface area (Å²) in [4.78, 5) is 1.23. The number of hydrogen-bond donors (Lipinski definition) is 2. The quantitative estimate of drug-likeness (QED) is 0.878. The van der Waals surface area contributed by atoms with Gasteiger partial charge in [-0.1, -0.05) is 29.8 Å². The average Bonchev–Trinajstić information content (AvgIpc) is 2.81. The Labute approximate surface area is 126 Å². The molecule has 19 heavy (non-hydrogen) atoms. The van der Waals surface area contributed by atoms with E-state index >= 15 is 0 Å². The Morgan fingerprint density at radius 2 is 2.16 bits per heavy atom. The van der Waals surface area contributed by atoms with Crippen LogP contribution in [0.5, 0.6) is 0 Å². The van der Waals surface area contributed by atoms with E-state index in [1.165, 1.54) is 10.4 Å². The fourth-order valence-electron chi connectivity index (χ4n) is 2.26. The van der Waals surface area contributed by atoms with Gasteiger partial charge in [-0.25, -0.2) is 0 Å². The van der Waals surface area contributed by atoms with Gasteiger partial charge in [0, 0.05) is 26.7 Å². The molecule has 0 saturated carbocycles. The number of rotatable bonds is 5. The van der Waals surface area contributed by atoms with Crippen molar-refractivity contribution in [1.82, 2.24) is 0 Å². The Morgan fingerprint density at radius 3 is 2.68 bits per heavy atom. The highest BCUT2D eigenvalue weighted by Crippen LogP contribution is 2.31. The molecule has 0 aliphatic heterocycles. The lowest BCUT2D eigenvalue weighted by Crippen LogP contribution is -2.40. The van der Waals surface area contributed by atoms with E-state index in [1.54, 1.807) is 11.3 Å². The van der Waals surface area contributed by atoms with E-state index in [0.29, 0.717) is 6.54 Å². The smallest absolute Gasteiger partial charge is 0.0543 e. The van der Waals surface area contributed by atoms with E-state index in [-0.39, 0.29) is 6.61 Å². The third-order valence-corrected chi connectivity index (χ3v) is 5.16. The van der Waals surface area contributed by atoms with Crippen LogP contribution in [0.4, 0.5) is 0 Å². The standard InChI is InChI=1S/C15H18BrNOS/c1-11-3-2-4-12(5-11)15(9-17,10-18)7-14-6-13(16)8-19-14/h2-6,8,18H,7,9-10,17H2,1H3. The summed E-state index contributed by atoms with van der Waals surface area (Å²) in [5, 5.41) is 12.0. The molecular weight excluding hydrogens is 322 g/mol. The largest absolute Gasteiger partial charge is 0.395 e. The normalized spacial score (nSPS) is 14.3. The van der Waals surface area contributed by atoms with E-state index in [0.717, 1.165) is 16.5 Å². The molecule has 3 N–H and O–H groups in total. The van der Waals surface area contributed by atoms with Crippen LogP contribution in [0.25, 0.3) is 0 Å². The molecule has 1 atom stereocenters. The fourth-order valence-corrected chi connectivity index (χ4v) is 3.85. The topological polar surface area (TPSA) is 46.2 Å². The van der Waals surface area contributed by atoms with Crippen molar-refractivity contribution < 1.29 is 5.11 Å². The first-order chi connectivity index (χ1) is 9.09. The van der Waals surface area contributed by atoms with Gasteiger partial charge in [0.05, 0.1) is 6.61 Å². The molecule has 1 aromatic heterocycles. The van der Waals surface area contributed by atoms with Crippen LogP contribution < -0.4 is 5.73 Å². The molecule has 0 aliphatic rings. The van der Waals surface area contributed by atoms with E-state index < -0.39 is 5.41 Å². The Balaban J connectivity index is 2.37. The monoisotopic (exact) mass is 339 g/mol. The molecule has 0 spiro atoms. The van der Waals surface area contributed by atoms with Gasteiger partial charge in [0.2, 0.25) is 0 Å². The summed E-state index contributed by atoms with van der Waals surface area (Å²) < 4.78 is 1.08. The maximum absolute atomic E-state index is 9.90. The zero-order valence-electron chi connectivity index (χ0n) is 10.9. The van der Waals surface area contributed by atoms with Gasteiger partial charge < -0.3 is 10.8 Å². The molecule has 0 amide bonds. The number of aliphatic hydroxyl groups excluding tert-OH is 1. The van der Waals surface area contributed by atoms with E-state index in [4.69, 9.17) is 5.73 Å². The number of aryl methyl sites for hydroxylation is 1. The van der Waals surface area contributed by atoms with E-state index in [1.807, 2.05) is 6.07 Å². The molecule has 2 aromatic rings. The van der Waals surface area contributed by atoms with Crippen molar-refractivity contribution in [2.45, 2.75) is 18.8 Å². The molecule has 102 valence electrons. The van der Waals surface area contributed by atoms with Crippen LogP contribution in [-0.4, -0.2) is 18.3 Å². The minimum atomic E-state index is -0.393. The Hall–Kier alpha value is -0.680. The van der Waals surface area contributed by atoms with Crippen molar-refractivity contribution in [3.05, 3.63) is 56.2 Å². The van der Waals surface area contributed by atoms with Gasteiger partial charge in [-0.2, -0.15) is 0 Å². The summed E-state index contributed by atoms with van der Waals surface area (Å²) in [5.41, 5.74) is 7.90. The first kappa shape index (κ1) is 14.7. The number of nitrogens with two attached hydrogens (primary N) is 1.